The molecule has 1 atom stereocenters. The third kappa shape index (κ3) is 9.82. The van der Waals surface area contributed by atoms with Crippen molar-refractivity contribution in [2.75, 3.05) is 37.6 Å². The first-order valence-corrected chi connectivity index (χ1v) is 21.1. The SMILES string of the molecule is CC1(C)CC(C)(C)C1Oc1ccc(C#N)c2[nH]c(=O)ccc12.NC(=O)c1ccc(N2CCC(CN3CC(C#Cc4ccc(C(=O)NC5CCC(=O)NC5=O)c(F)c4)C3)CC2)cc1. The summed E-state index contributed by atoms with van der Waals surface area (Å²) in [5, 5.41) is 14.6. The molecule has 1 saturated carbocycles. The number of carbonyl (C=O) groups is 4. The zero-order valence-corrected chi connectivity index (χ0v) is 35.5. The van der Waals surface area contributed by atoms with Crippen LogP contribution in [0.15, 0.2) is 71.5 Å². The second kappa shape index (κ2) is 17.8. The van der Waals surface area contributed by atoms with Gasteiger partial charge < -0.3 is 30.6 Å². The van der Waals surface area contributed by atoms with Crippen LogP contribution in [0.4, 0.5) is 10.1 Å². The molecule has 5 N–H and O–H groups in total. The number of fused-ring (bicyclic) bond motifs is 1. The predicted octanol–water partition coefficient (Wildman–Crippen LogP) is 5.26. The summed E-state index contributed by atoms with van der Waals surface area (Å²) in [6.07, 6.45) is 3.73. The van der Waals surface area contributed by atoms with Crippen LogP contribution in [0.1, 0.15) is 91.6 Å². The van der Waals surface area contributed by atoms with E-state index in [-0.39, 0.29) is 52.7 Å². The van der Waals surface area contributed by atoms with Gasteiger partial charge in [-0.15, -0.1) is 0 Å². The Kier molecular flexibility index (Phi) is 12.5. The summed E-state index contributed by atoms with van der Waals surface area (Å²) >= 11 is 0. The van der Waals surface area contributed by atoms with Crippen molar-refractivity contribution in [1.29, 1.82) is 5.26 Å². The minimum Gasteiger partial charge on any atom is -0.489 e. The van der Waals surface area contributed by atoms with Crippen molar-refractivity contribution >= 4 is 40.2 Å². The van der Waals surface area contributed by atoms with Crippen molar-refractivity contribution < 1.29 is 28.3 Å². The topological polar surface area (TPSA) is 191 Å². The van der Waals surface area contributed by atoms with Crippen molar-refractivity contribution in [2.24, 2.45) is 28.4 Å². The van der Waals surface area contributed by atoms with E-state index >= 15 is 0 Å². The molecule has 8 rings (SSSR count). The molecule has 1 aromatic heterocycles. The number of aromatic nitrogens is 1. The number of nitrogens with two attached hydrogens (primary N) is 1. The molecule has 4 heterocycles. The molecule has 13 nitrogen and oxygen atoms in total. The van der Waals surface area contributed by atoms with Gasteiger partial charge in [-0.2, -0.15) is 5.26 Å². The number of imide groups is 1. The van der Waals surface area contributed by atoms with Gasteiger partial charge in [-0.25, -0.2) is 4.39 Å². The van der Waals surface area contributed by atoms with Crippen molar-refractivity contribution in [3.8, 4) is 23.7 Å². The first-order valence-electron chi connectivity index (χ1n) is 21.1. The fourth-order valence-electron chi connectivity index (χ4n) is 9.57. The van der Waals surface area contributed by atoms with Gasteiger partial charge in [0.25, 0.3) is 5.91 Å². The number of ether oxygens (including phenoxy) is 1. The fourth-order valence-corrected chi connectivity index (χ4v) is 9.57. The van der Waals surface area contributed by atoms with Gasteiger partial charge in [0.1, 0.15) is 29.8 Å². The number of hydrogen-bond acceptors (Lipinski definition) is 9. The maximum Gasteiger partial charge on any atom is 0.254 e. The summed E-state index contributed by atoms with van der Waals surface area (Å²) in [7, 11) is 0. The lowest BCUT2D eigenvalue weighted by molar-refractivity contribution is -0.134. The number of anilines is 1. The minimum atomic E-state index is -0.861. The van der Waals surface area contributed by atoms with Crippen LogP contribution in [0.5, 0.6) is 5.75 Å². The molecule has 3 aliphatic heterocycles. The predicted molar refractivity (Wildman–Crippen MR) is 233 cm³/mol. The Balaban J connectivity index is 0.000000221. The number of piperidine rings is 2. The highest BCUT2D eigenvalue weighted by molar-refractivity contribution is 6.04. The number of nitriles is 1. The maximum absolute atomic E-state index is 14.6. The summed E-state index contributed by atoms with van der Waals surface area (Å²) in [5.74, 6) is 5.01. The van der Waals surface area contributed by atoms with Gasteiger partial charge in [0.05, 0.1) is 16.6 Å². The van der Waals surface area contributed by atoms with Gasteiger partial charge in [0.15, 0.2) is 0 Å². The molecule has 4 aliphatic rings. The zero-order chi connectivity index (χ0) is 44.3. The Morgan fingerprint density at radius 2 is 1.66 bits per heavy atom. The molecule has 3 aromatic carbocycles. The van der Waals surface area contributed by atoms with E-state index in [0.29, 0.717) is 28.1 Å². The number of nitrogens with one attached hydrogen (secondary N) is 3. The summed E-state index contributed by atoms with van der Waals surface area (Å²) in [4.78, 5) is 65.9. The smallest absolute Gasteiger partial charge is 0.254 e. The van der Waals surface area contributed by atoms with E-state index < -0.39 is 29.6 Å². The van der Waals surface area contributed by atoms with Crippen molar-refractivity contribution in [3.63, 3.8) is 0 Å². The van der Waals surface area contributed by atoms with Gasteiger partial charge >= 0.3 is 0 Å². The summed E-state index contributed by atoms with van der Waals surface area (Å²) < 4.78 is 20.9. The Morgan fingerprint density at radius 1 is 0.952 bits per heavy atom. The van der Waals surface area contributed by atoms with E-state index in [1.54, 1.807) is 30.3 Å². The van der Waals surface area contributed by atoms with Crippen molar-refractivity contribution in [3.05, 3.63) is 105 Å². The number of H-pyrrole nitrogens is 1. The molecule has 0 spiro atoms. The third-order valence-electron chi connectivity index (χ3n) is 12.3. The van der Waals surface area contributed by atoms with E-state index in [9.17, 15) is 33.6 Å². The number of nitrogens with zero attached hydrogens (tertiary/aromatic N) is 3. The fraction of sp³-hybridized carbons (Fsp3) is 0.417. The third-order valence-corrected chi connectivity index (χ3v) is 12.3. The Hall–Kier alpha value is -6.51. The number of primary amides is 1. The number of halogens is 1. The number of carbonyl (C=O) groups excluding carboxylic acids is 4. The van der Waals surface area contributed by atoms with Crippen LogP contribution >= 0.6 is 0 Å². The average Bonchev–Trinajstić information content (AvgIpc) is 3.21. The first-order chi connectivity index (χ1) is 29.5. The van der Waals surface area contributed by atoms with Crippen LogP contribution in [0.25, 0.3) is 10.9 Å². The van der Waals surface area contributed by atoms with Crippen molar-refractivity contribution in [1.82, 2.24) is 20.5 Å². The molecular weight excluding hydrogens is 790 g/mol. The van der Waals surface area contributed by atoms with Gasteiger partial charge in [-0.3, -0.25) is 29.3 Å². The largest absolute Gasteiger partial charge is 0.489 e. The Labute approximate surface area is 360 Å². The van der Waals surface area contributed by atoms with Crippen LogP contribution in [-0.4, -0.2) is 78.4 Å². The minimum absolute atomic E-state index is 0.100. The lowest BCUT2D eigenvalue weighted by atomic mass is 9.53. The molecule has 4 aromatic rings. The standard InChI is InChI=1S/C30H32FN5O4.C18H20N2O2/c31-25-15-19(3-8-24(25)29(39)33-26-9-10-27(37)34-30(26)40)1-2-21-17-35(18-21)16-20-11-13-36(14-12-20)23-6-4-22(5-7-23)28(32)38;1-17(2)10-18(3,4)16(17)22-13-7-5-11(9-19)15-12(13)6-8-14(21)20-15/h3-8,15,20-21,26H,9-14,16-18H2,(H2,32,38)(H,33,39)(H,34,37,40);5-8,16H,10H2,1-4H3,(H,20,21). The number of amides is 4. The number of pyridine rings is 1. The van der Waals surface area contributed by atoms with Gasteiger partial charge in [-0.05, 0) is 92.3 Å². The number of benzene rings is 3. The lowest BCUT2D eigenvalue weighted by Gasteiger charge is -2.56. The van der Waals surface area contributed by atoms with E-state index in [4.69, 9.17) is 10.5 Å². The second-order valence-electron chi connectivity index (χ2n) is 18.2. The monoisotopic (exact) mass is 841 g/mol. The van der Waals surface area contributed by atoms with Crippen LogP contribution < -0.4 is 31.6 Å². The molecule has 4 amide bonds. The summed E-state index contributed by atoms with van der Waals surface area (Å²) in [6, 6.07) is 19.6. The highest BCUT2D eigenvalue weighted by Crippen LogP contribution is 2.55. The number of aromatic amines is 1. The maximum atomic E-state index is 14.6. The molecule has 0 radical (unpaired) electrons. The molecule has 1 aliphatic carbocycles. The molecule has 0 bridgehead atoms. The van der Waals surface area contributed by atoms with Crippen LogP contribution in [0, 0.1) is 51.7 Å². The molecule has 1 unspecified atom stereocenters. The highest BCUT2D eigenvalue weighted by Gasteiger charge is 2.55. The second-order valence-corrected chi connectivity index (χ2v) is 18.2. The molecule has 62 heavy (non-hydrogen) atoms. The zero-order valence-electron chi connectivity index (χ0n) is 35.5. The molecular formula is C48H52FN7O6. The first kappa shape index (κ1) is 43.6. The summed E-state index contributed by atoms with van der Waals surface area (Å²) in [6.45, 7) is 13.6. The van der Waals surface area contributed by atoms with E-state index in [0.717, 1.165) is 68.8 Å². The average molecular weight is 842 g/mol. The molecule has 3 saturated heterocycles. The molecule has 4 fully saturated rings. The van der Waals surface area contributed by atoms with Crippen LogP contribution in [0.2, 0.25) is 0 Å². The number of hydrogen-bond donors (Lipinski definition) is 4. The molecule has 14 heteroatoms. The number of likely N-dealkylation sites (tertiary alicyclic amines) is 1. The van der Waals surface area contributed by atoms with E-state index in [1.807, 2.05) is 18.2 Å². The van der Waals surface area contributed by atoms with E-state index in [1.165, 1.54) is 18.2 Å². The summed E-state index contributed by atoms with van der Waals surface area (Å²) in [5.41, 5.74) is 8.29. The Bertz CT molecular complexity index is 2540. The quantitative estimate of drug-likeness (QED) is 0.135. The Morgan fingerprint density at radius 3 is 2.29 bits per heavy atom. The van der Waals surface area contributed by atoms with Gasteiger partial charge in [0.2, 0.25) is 23.3 Å². The van der Waals surface area contributed by atoms with Gasteiger partial charge in [-0.1, -0.05) is 39.5 Å². The number of rotatable bonds is 8. The van der Waals surface area contributed by atoms with Gasteiger partial charge in [0, 0.05) is 84.2 Å². The lowest BCUT2D eigenvalue weighted by Crippen LogP contribution is -2.58. The highest BCUT2D eigenvalue weighted by atomic mass is 19.1. The van der Waals surface area contributed by atoms with Crippen LogP contribution in [-0.2, 0) is 9.59 Å². The normalized spacial score (nSPS) is 19.9. The van der Waals surface area contributed by atoms with E-state index in [2.05, 4.69) is 71.0 Å². The van der Waals surface area contributed by atoms with Crippen molar-refractivity contribution in [2.45, 2.75) is 71.9 Å². The van der Waals surface area contributed by atoms with Crippen LogP contribution in [0.3, 0.4) is 0 Å². The molecule has 322 valence electrons.